The number of amides is 1. The highest BCUT2D eigenvalue weighted by Crippen LogP contribution is 2.27. The van der Waals surface area contributed by atoms with E-state index in [1.54, 1.807) is 37.8 Å². The van der Waals surface area contributed by atoms with Crippen LogP contribution >= 0.6 is 0 Å². The van der Waals surface area contributed by atoms with E-state index in [9.17, 15) is 13.2 Å². The number of anilines is 1. The first kappa shape index (κ1) is 19.4. The first-order valence-corrected chi connectivity index (χ1v) is 10.5. The van der Waals surface area contributed by atoms with Crippen LogP contribution in [-0.2, 0) is 14.8 Å². The Morgan fingerprint density at radius 1 is 0.963 bits per heavy atom. The van der Waals surface area contributed by atoms with Crippen molar-refractivity contribution in [3.05, 3.63) is 54.6 Å². The fraction of sp³-hybridized carbons (Fsp3) is 0.350. The average Bonchev–Trinajstić information content (AvgIpc) is 2.65. The van der Waals surface area contributed by atoms with Gasteiger partial charge in [-0.25, -0.2) is 8.42 Å². The molecule has 0 radical (unpaired) electrons. The topological polar surface area (TPSA) is 66.9 Å². The van der Waals surface area contributed by atoms with Crippen molar-refractivity contribution in [2.75, 3.05) is 18.0 Å². The summed E-state index contributed by atoms with van der Waals surface area (Å²) in [7, 11) is -3.46. The van der Waals surface area contributed by atoms with Gasteiger partial charge >= 0.3 is 0 Å². The first-order chi connectivity index (χ1) is 12.8. The van der Waals surface area contributed by atoms with E-state index in [0.29, 0.717) is 12.3 Å². The molecule has 6 nitrogen and oxygen atoms in total. The molecule has 7 heteroatoms. The van der Waals surface area contributed by atoms with Gasteiger partial charge in [0.05, 0.1) is 5.25 Å². The molecule has 1 heterocycles. The largest absolute Gasteiger partial charge is 0.457 e. The van der Waals surface area contributed by atoms with Crippen LogP contribution in [0.4, 0.5) is 5.69 Å². The highest BCUT2D eigenvalue weighted by molar-refractivity contribution is 7.89. The molecule has 0 bridgehead atoms. The second kappa shape index (κ2) is 7.70. The van der Waals surface area contributed by atoms with E-state index in [0.717, 1.165) is 11.4 Å². The van der Waals surface area contributed by atoms with E-state index >= 15 is 0 Å². The quantitative estimate of drug-likeness (QED) is 0.789. The van der Waals surface area contributed by atoms with Crippen LogP contribution in [-0.4, -0.2) is 43.0 Å². The van der Waals surface area contributed by atoms with E-state index in [1.165, 1.54) is 4.31 Å². The zero-order valence-corrected chi connectivity index (χ0v) is 16.5. The molecule has 0 aliphatic carbocycles. The Morgan fingerprint density at radius 2 is 1.56 bits per heavy atom. The van der Waals surface area contributed by atoms with Crippen molar-refractivity contribution in [2.24, 2.45) is 0 Å². The van der Waals surface area contributed by atoms with Crippen molar-refractivity contribution in [1.82, 2.24) is 4.31 Å². The summed E-state index contributed by atoms with van der Waals surface area (Å²) < 4.78 is 32.0. The Morgan fingerprint density at radius 3 is 2.15 bits per heavy atom. The molecule has 0 saturated carbocycles. The summed E-state index contributed by atoms with van der Waals surface area (Å²) >= 11 is 0. The summed E-state index contributed by atoms with van der Waals surface area (Å²) in [4.78, 5) is 14.4. The van der Waals surface area contributed by atoms with Gasteiger partial charge in [-0.2, -0.15) is 4.31 Å². The molecule has 3 rings (SSSR count). The van der Waals surface area contributed by atoms with Crippen LogP contribution in [0.2, 0.25) is 0 Å². The predicted octanol–water partition coefficient (Wildman–Crippen LogP) is 3.25. The second-order valence-electron chi connectivity index (χ2n) is 6.78. The molecular formula is C20H24N2O4S. The van der Waals surface area contributed by atoms with Crippen molar-refractivity contribution in [3.8, 4) is 11.5 Å². The van der Waals surface area contributed by atoms with Crippen molar-refractivity contribution in [3.63, 3.8) is 0 Å². The molecule has 144 valence electrons. The minimum absolute atomic E-state index is 0.220. The lowest BCUT2D eigenvalue weighted by atomic mass is 10.2. The molecule has 1 aliphatic heterocycles. The maximum absolute atomic E-state index is 12.8. The fourth-order valence-electron chi connectivity index (χ4n) is 3.04. The molecule has 1 atom stereocenters. The van der Waals surface area contributed by atoms with Crippen molar-refractivity contribution in [2.45, 2.75) is 32.1 Å². The van der Waals surface area contributed by atoms with Gasteiger partial charge in [-0.15, -0.1) is 0 Å². The molecule has 0 spiro atoms. The Kier molecular flexibility index (Phi) is 5.53. The number of hydrogen-bond acceptors (Lipinski definition) is 4. The van der Waals surface area contributed by atoms with Gasteiger partial charge in [0, 0.05) is 18.8 Å². The number of nitrogens with zero attached hydrogens (tertiary/aromatic N) is 2. The summed E-state index contributed by atoms with van der Waals surface area (Å²) in [5, 5.41) is -0.547. The molecule has 1 unspecified atom stereocenters. The number of piperazine rings is 1. The lowest BCUT2D eigenvalue weighted by Crippen LogP contribution is -2.58. The van der Waals surface area contributed by atoms with Crippen LogP contribution in [0.25, 0.3) is 0 Å². The Bertz CT molecular complexity index is 895. The summed E-state index contributed by atoms with van der Waals surface area (Å²) in [5.74, 6) is 1.19. The van der Waals surface area contributed by atoms with Crippen molar-refractivity contribution >= 4 is 21.6 Å². The zero-order valence-electron chi connectivity index (χ0n) is 15.7. The van der Waals surface area contributed by atoms with Crippen molar-refractivity contribution < 1.29 is 17.9 Å². The SMILES string of the molecule is CC1C(=O)N(c2ccc(Oc3ccccc3)cc2)CCN1S(=O)(=O)C(C)C. The fourth-order valence-corrected chi connectivity index (χ4v) is 4.45. The summed E-state index contributed by atoms with van der Waals surface area (Å²) in [6.45, 7) is 5.51. The molecule has 1 fully saturated rings. The summed E-state index contributed by atoms with van der Waals surface area (Å²) in [6.07, 6.45) is 0. The normalized spacial score (nSPS) is 18.7. The highest BCUT2D eigenvalue weighted by atomic mass is 32.2. The number of para-hydroxylation sites is 1. The third-order valence-electron chi connectivity index (χ3n) is 4.65. The van der Waals surface area contributed by atoms with E-state index in [4.69, 9.17) is 4.74 Å². The van der Waals surface area contributed by atoms with Crippen LogP contribution in [0.1, 0.15) is 20.8 Å². The van der Waals surface area contributed by atoms with Crippen LogP contribution in [0.15, 0.2) is 54.6 Å². The summed E-state index contributed by atoms with van der Waals surface area (Å²) in [5.41, 5.74) is 0.730. The molecule has 1 amide bonds. The van der Waals surface area contributed by atoms with Gasteiger partial charge in [0.25, 0.3) is 0 Å². The molecule has 2 aromatic carbocycles. The molecular weight excluding hydrogens is 364 g/mol. The highest BCUT2D eigenvalue weighted by Gasteiger charge is 2.39. The lowest BCUT2D eigenvalue weighted by molar-refractivity contribution is -0.123. The van der Waals surface area contributed by atoms with E-state index < -0.39 is 21.3 Å². The van der Waals surface area contributed by atoms with Gasteiger partial charge in [0.15, 0.2) is 0 Å². The zero-order chi connectivity index (χ0) is 19.6. The molecule has 27 heavy (non-hydrogen) atoms. The number of ether oxygens (including phenoxy) is 1. The summed E-state index contributed by atoms with van der Waals surface area (Å²) in [6, 6.07) is 16.0. The van der Waals surface area contributed by atoms with E-state index in [1.807, 2.05) is 42.5 Å². The van der Waals surface area contributed by atoms with Gasteiger partial charge in [-0.05, 0) is 57.2 Å². The third kappa shape index (κ3) is 3.99. The van der Waals surface area contributed by atoms with Gasteiger partial charge in [-0.1, -0.05) is 18.2 Å². The Hall–Kier alpha value is -2.38. The minimum Gasteiger partial charge on any atom is -0.457 e. The minimum atomic E-state index is -3.46. The first-order valence-electron chi connectivity index (χ1n) is 8.95. The van der Waals surface area contributed by atoms with Crippen LogP contribution in [0, 0.1) is 0 Å². The van der Waals surface area contributed by atoms with Crippen LogP contribution < -0.4 is 9.64 Å². The molecule has 2 aromatic rings. The molecule has 1 aliphatic rings. The monoisotopic (exact) mass is 388 g/mol. The van der Waals surface area contributed by atoms with Gasteiger partial charge in [0.1, 0.15) is 17.5 Å². The number of carbonyl (C=O) groups is 1. The van der Waals surface area contributed by atoms with Crippen molar-refractivity contribution in [1.29, 1.82) is 0 Å². The number of rotatable bonds is 5. The Labute approximate surface area is 160 Å². The van der Waals surface area contributed by atoms with Gasteiger partial charge < -0.3 is 9.64 Å². The van der Waals surface area contributed by atoms with Gasteiger partial charge in [-0.3, -0.25) is 4.79 Å². The number of carbonyl (C=O) groups excluding carboxylic acids is 1. The number of benzene rings is 2. The van der Waals surface area contributed by atoms with E-state index in [-0.39, 0.29) is 12.5 Å². The van der Waals surface area contributed by atoms with E-state index in [2.05, 4.69) is 0 Å². The maximum atomic E-state index is 12.8. The maximum Gasteiger partial charge on any atom is 0.245 e. The Balaban J connectivity index is 1.73. The van der Waals surface area contributed by atoms with Crippen LogP contribution in [0.3, 0.4) is 0 Å². The molecule has 0 aromatic heterocycles. The molecule has 0 N–H and O–H groups in total. The average molecular weight is 388 g/mol. The smallest absolute Gasteiger partial charge is 0.245 e. The molecule has 1 saturated heterocycles. The van der Waals surface area contributed by atoms with Gasteiger partial charge in [0.2, 0.25) is 15.9 Å². The van der Waals surface area contributed by atoms with Crippen LogP contribution in [0.5, 0.6) is 11.5 Å². The second-order valence-corrected chi connectivity index (χ2v) is 9.22. The standard InChI is InChI=1S/C20H24N2O4S/c1-15(2)27(24,25)22-14-13-21(20(23)16(22)3)17-9-11-19(12-10-17)26-18-7-5-4-6-8-18/h4-12,15-16H,13-14H2,1-3H3. The lowest BCUT2D eigenvalue weighted by Gasteiger charge is -2.39. The third-order valence-corrected chi connectivity index (χ3v) is 6.99. The number of hydrogen-bond donors (Lipinski definition) is 0. The predicted molar refractivity (Wildman–Crippen MR) is 106 cm³/mol. The number of sulfonamides is 1.